The monoisotopic (exact) mass is 691 g/mol. The lowest BCUT2D eigenvalue weighted by Crippen LogP contribution is -2.29. The molecule has 6 aromatic rings. The molecule has 0 N–H and O–H groups in total. The minimum atomic E-state index is -0.592. The number of benzene rings is 5. The van der Waals surface area contributed by atoms with Crippen LogP contribution in [0.4, 0.5) is 0 Å². The molecule has 1 aromatic heterocycles. The first kappa shape index (κ1) is 34.9. The first-order chi connectivity index (χ1) is 25.6. The van der Waals surface area contributed by atoms with Gasteiger partial charge in [-0.2, -0.15) is 0 Å². The van der Waals surface area contributed by atoms with Crippen LogP contribution in [0.15, 0.2) is 144 Å². The number of carbonyl (C=O) groups is 1. The van der Waals surface area contributed by atoms with E-state index in [0.29, 0.717) is 30.8 Å². The van der Waals surface area contributed by atoms with E-state index in [9.17, 15) is 9.59 Å². The lowest BCUT2D eigenvalue weighted by molar-refractivity contribution is 0.0451. The summed E-state index contributed by atoms with van der Waals surface area (Å²) in [6.07, 6.45) is 3.45. The Morgan fingerprint density at radius 2 is 1.12 bits per heavy atom. The Morgan fingerprint density at radius 1 is 0.635 bits per heavy atom. The van der Waals surface area contributed by atoms with Crippen molar-refractivity contribution in [2.75, 3.05) is 26.3 Å². The van der Waals surface area contributed by atoms with Gasteiger partial charge in [0.15, 0.2) is 0 Å². The third-order valence-electron chi connectivity index (χ3n) is 9.60. The number of aryl methyl sites for hydroxylation is 2. The van der Waals surface area contributed by atoms with Crippen molar-refractivity contribution in [3.05, 3.63) is 183 Å². The molecule has 0 spiro atoms. The number of carbonyl (C=O) groups excluding carboxylic acids is 1. The highest BCUT2D eigenvalue weighted by atomic mass is 16.5. The zero-order valence-electron chi connectivity index (χ0n) is 29.5. The molecule has 0 bridgehead atoms. The summed E-state index contributed by atoms with van der Waals surface area (Å²) in [5.74, 6) is 0.0568. The molecule has 0 fully saturated rings. The van der Waals surface area contributed by atoms with Crippen LogP contribution in [0, 0.1) is 0 Å². The minimum Gasteiger partial charge on any atom is -0.492 e. The molecule has 264 valence electrons. The van der Waals surface area contributed by atoms with E-state index in [4.69, 9.17) is 9.47 Å². The second-order valence-corrected chi connectivity index (χ2v) is 13.5. The second-order valence-electron chi connectivity index (χ2n) is 13.5. The van der Waals surface area contributed by atoms with Gasteiger partial charge in [-0.05, 0) is 52.8 Å². The normalized spacial score (nSPS) is 12.3. The molecule has 1 aliphatic heterocycles. The molecule has 52 heavy (non-hydrogen) atoms. The van der Waals surface area contributed by atoms with Crippen LogP contribution in [0.3, 0.4) is 0 Å². The van der Waals surface area contributed by atoms with E-state index in [1.165, 1.54) is 22.3 Å². The van der Waals surface area contributed by atoms with E-state index >= 15 is 0 Å². The van der Waals surface area contributed by atoms with Crippen LogP contribution in [0.1, 0.15) is 44.6 Å². The number of esters is 1. The Bertz CT molecular complexity index is 2040. The van der Waals surface area contributed by atoms with Crippen molar-refractivity contribution in [2.45, 2.75) is 45.6 Å². The van der Waals surface area contributed by atoms with Crippen LogP contribution in [0.5, 0.6) is 5.75 Å². The van der Waals surface area contributed by atoms with E-state index < -0.39 is 5.97 Å². The molecule has 2 heterocycles. The van der Waals surface area contributed by atoms with Gasteiger partial charge in [-0.15, -0.1) is 0 Å². The lowest BCUT2D eigenvalue weighted by Gasteiger charge is -2.24. The van der Waals surface area contributed by atoms with E-state index in [1.807, 2.05) is 53.1 Å². The van der Waals surface area contributed by atoms with Gasteiger partial charge >= 0.3 is 5.97 Å². The van der Waals surface area contributed by atoms with E-state index in [0.717, 1.165) is 56.6 Å². The molecule has 0 saturated carbocycles. The standard InChI is InChI=1S/C45H45N3O4/c49-44-41-29-40(51-26-24-46(30-35-14-5-1-6-15-35)31-36-16-7-2-8-17-36)28-39-22-13-23-48(43(39)41)34-42(44)45(50)52-27-25-47(32-37-18-9-3-10-19-37)33-38-20-11-4-12-21-38/h1-12,14-21,28-29,34H,13,22-27,30-33H2. The molecule has 0 atom stereocenters. The molecule has 7 rings (SSSR count). The predicted molar refractivity (Wildman–Crippen MR) is 206 cm³/mol. The van der Waals surface area contributed by atoms with Gasteiger partial charge in [0.2, 0.25) is 5.43 Å². The number of hydrogen-bond acceptors (Lipinski definition) is 6. The van der Waals surface area contributed by atoms with Gasteiger partial charge in [0.25, 0.3) is 0 Å². The molecule has 1 aliphatic rings. The smallest absolute Gasteiger partial charge is 0.343 e. The fraction of sp³-hybridized carbons (Fsp3) is 0.244. The second kappa shape index (κ2) is 17.1. The molecule has 0 amide bonds. The van der Waals surface area contributed by atoms with Crippen LogP contribution in [-0.2, 0) is 43.9 Å². The maximum atomic E-state index is 13.9. The minimum absolute atomic E-state index is 0.0621. The SMILES string of the molecule is O=C(OCCN(Cc1ccccc1)Cc1ccccc1)c1cn2c3c(cc(OCCN(Cc4ccccc4)Cc4ccccc4)cc3c1=O)CCC2. The summed E-state index contributed by atoms with van der Waals surface area (Å²) in [7, 11) is 0. The van der Waals surface area contributed by atoms with E-state index in [1.54, 1.807) is 12.3 Å². The van der Waals surface area contributed by atoms with Gasteiger partial charge in [-0.25, -0.2) is 4.79 Å². The Kier molecular flexibility index (Phi) is 11.5. The highest BCUT2D eigenvalue weighted by molar-refractivity contribution is 5.95. The van der Waals surface area contributed by atoms with Crippen molar-refractivity contribution in [3.8, 4) is 5.75 Å². The molecular weight excluding hydrogens is 647 g/mol. The van der Waals surface area contributed by atoms with Crippen LogP contribution in [-0.4, -0.2) is 46.6 Å². The van der Waals surface area contributed by atoms with Crippen LogP contribution in [0.25, 0.3) is 10.9 Å². The molecule has 0 saturated heterocycles. The Hall–Kier alpha value is -5.50. The van der Waals surface area contributed by atoms with Gasteiger partial charge in [0.1, 0.15) is 24.5 Å². The summed E-state index contributed by atoms with van der Waals surface area (Å²) in [5.41, 5.74) is 6.56. The third-order valence-corrected chi connectivity index (χ3v) is 9.60. The molecule has 7 heteroatoms. The summed E-state index contributed by atoms with van der Waals surface area (Å²) in [6, 6.07) is 45.3. The number of ether oxygens (including phenoxy) is 2. The predicted octanol–water partition coefficient (Wildman–Crippen LogP) is 7.89. The molecule has 5 aromatic carbocycles. The molecule has 0 unspecified atom stereocenters. The maximum absolute atomic E-state index is 13.9. The van der Waals surface area contributed by atoms with Crippen LogP contribution in [0.2, 0.25) is 0 Å². The van der Waals surface area contributed by atoms with Gasteiger partial charge in [0.05, 0.1) is 10.9 Å². The quantitative estimate of drug-likeness (QED) is 0.0963. The summed E-state index contributed by atoms with van der Waals surface area (Å²) in [6.45, 7) is 5.65. The number of aromatic nitrogens is 1. The Labute approximate surface area is 305 Å². The first-order valence-corrected chi connectivity index (χ1v) is 18.2. The first-order valence-electron chi connectivity index (χ1n) is 18.2. The van der Waals surface area contributed by atoms with Crippen molar-refractivity contribution < 1.29 is 14.3 Å². The fourth-order valence-corrected chi connectivity index (χ4v) is 7.07. The van der Waals surface area contributed by atoms with E-state index in [2.05, 4.69) is 88.7 Å². The Morgan fingerprint density at radius 3 is 1.62 bits per heavy atom. The molecule has 0 radical (unpaired) electrons. The number of nitrogens with zero attached hydrogens (tertiary/aromatic N) is 3. The summed E-state index contributed by atoms with van der Waals surface area (Å²) in [5, 5.41) is 0.502. The highest BCUT2D eigenvalue weighted by Gasteiger charge is 2.22. The zero-order valence-corrected chi connectivity index (χ0v) is 29.5. The average molecular weight is 692 g/mol. The lowest BCUT2D eigenvalue weighted by atomic mass is 9.99. The molecular formula is C45H45N3O4. The van der Waals surface area contributed by atoms with Crippen molar-refractivity contribution in [1.82, 2.24) is 14.4 Å². The Balaban J connectivity index is 1.04. The summed E-state index contributed by atoms with van der Waals surface area (Å²) in [4.78, 5) is 32.1. The van der Waals surface area contributed by atoms with Gasteiger partial charge in [-0.1, -0.05) is 121 Å². The van der Waals surface area contributed by atoms with Crippen LogP contribution >= 0.6 is 0 Å². The largest absolute Gasteiger partial charge is 0.492 e. The highest BCUT2D eigenvalue weighted by Crippen LogP contribution is 2.29. The summed E-state index contributed by atoms with van der Waals surface area (Å²) >= 11 is 0. The fourth-order valence-electron chi connectivity index (χ4n) is 7.07. The topological polar surface area (TPSA) is 64.0 Å². The third kappa shape index (κ3) is 9.04. The van der Waals surface area contributed by atoms with Crippen molar-refractivity contribution in [1.29, 1.82) is 0 Å². The van der Waals surface area contributed by atoms with Crippen molar-refractivity contribution in [3.63, 3.8) is 0 Å². The maximum Gasteiger partial charge on any atom is 0.343 e. The number of pyridine rings is 1. The van der Waals surface area contributed by atoms with Crippen molar-refractivity contribution >= 4 is 16.9 Å². The van der Waals surface area contributed by atoms with E-state index in [-0.39, 0.29) is 17.6 Å². The van der Waals surface area contributed by atoms with Crippen molar-refractivity contribution in [2.24, 2.45) is 0 Å². The average Bonchev–Trinajstić information content (AvgIpc) is 3.17. The number of hydrogen-bond donors (Lipinski definition) is 0. The molecule has 0 aliphatic carbocycles. The van der Waals surface area contributed by atoms with Gasteiger partial charge in [-0.3, -0.25) is 14.6 Å². The van der Waals surface area contributed by atoms with Gasteiger partial charge < -0.3 is 14.0 Å². The van der Waals surface area contributed by atoms with Gasteiger partial charge in [0, 0.05) is 52.0 Å². The zero-order chi connectivity index (χ0) is 35.5. The van der Waals surface area contributed by atoms with Crippen LogP contribution < -0.4 is 10.2 Å². The molecule has 7 nitrogen and oxygen atoms in total. The summed E-state index contributed by atoms with van der Waals surface area (Å²) < 4.78 is 14.2. The number of rotatable bonds is 16.